The third-order valence-electron chi connectivity index (χ3n) is 3.69. The maximum absolute atomic E-state index is 10.9. The lowest BCUT2D eigenvalue weighted by Gasteiger charge is -2.14. The maximum Gasteiger partial charge on any atom is 0.331 e. The summed E-state index contributed by atoms with van der Waals surface area (Å²) in [5.41, 5.74) is 0.417. The first-order chi connectivity index (χ1) is 7.48. The molecular weight excluding hydrogens is 200 g/mol. The van der Waals surface area contributed by atoms with E-state index in [0.29, 0.717) is 5.57 Å². The highest BCUT2D eigenvalue weighted by atomic mass is 16.4. The van der Waals surface area contributed by atoms with Gasteiger partial charge >= 0.3 is 5.97 Å². The molecule has 0 aromatic heterocycles. The van der Waals surface area contributed by atoms with Crippen molar-refractivity contribution in [3.8, 4) is 0 Å². The molecule has 2 nitrogen and oxygen atoms in total. The van der Waals surface area contributed by atoms with Gasteiger partial charge in [0.25, 0.3) is 0 Å². The highest BCUT2D eigenvalue weighted by Crippen LogP contribution is 2.55. The zero-order chi connectivity index (χ0) is 12.2. The van der Waals surface area contributed by atoms with Crippen LogP contribution >= 0.6 is 0 Å². The summed E-state index contributed by atoms with van der Waals surface area (Å²) in [6.07, 6.45) is 8.02. The van der Waals surface area contributed by atoms with E-state index in [1.165, 1.54) is 19.3 Å². The highest BCUT2D eigenvalue weighted by Gasteiger charge is 2.46. The average molecular weight is 224 g/mol. The minimum Gasteiger partial charge on any atom is -0.478 e. The molecule has 0 aromatic carbocycles. The van der Waals surface area contributed by atoms with Gasteiger partial charge in [0.15, 0.2) is 0 Å². The highest BCUT2D eigenvalue weighted by molar-refractivity contribution is 5.88. The third-order valence-corrected chi connectivity index (χ3v) is 3.69. The molecule has 0 aromatic rings. The molecule has 92 valence electrons. The molecule has 16 heavy (non-hydrogen) atoms. The van der Waals surface area contributed by atoms with Crippen LogP contribution in [0.5, 0.6) is 0 Å². The number of unbranched alkanes of at least 4 members (excludes halogenated alkanes) is 2. The second kappa shape index (κ2) is 5.51. The number of carboxylic acid groups (broad SMARTS) is 1. The molecule has 0 radical (unpaired) electrons. The Kier molecular flexibility index (Phi) is 4.57. The van der Waals surface area contributed by atoms with Crippen LogP contribution < -0.4 is 0 Å². The van der Waals surface area contributed by atoms with Crippen LogP contribution in [0.25, 0.3) is 0 Å². The normalized spacial score (nSPS) is 17.4. The number of rotatable bonds is 8. The Hall–Kier alpha value is -0.790. The number of aliphatic carboxylic acids is 1. The van der Waals surface area contributed by atoms with Gasteiger partial charge in [-0.1, -0.05) is 46.1 Å². The summed E-state index contributed by atoms with van der Waals surface area (Å²) in [5.74, 6) is -0.0245. The Labute approximate surface area is 98.7 Å². The number of carboxylic acids is 1. The molecule has 0 amide bonds. The molecule has 0 aliphatic heterocycles. The van der Waals surface area contributed by atoms with Crippen LogP contribution in [0.15, 0.2) is 12.2 Å². The van der Waals surface area contributed by atoms with Crippen molar-refractivity contribution in [2.24, 2.45) is 11.3 Å². The molecule has 0 saturated heterocycles. The fourth-order valence-corrected chi connectivity index (χ4v) is 2.27. The van der Waals surface area contributed by atoms with Crippen LogP contribution in [0.3, 0.4) is 0 Å². The second-order valence-electron chi connectivity index (χ2n) is 5.56. The molecule has 1 aliphatic carbocycles. The van der Waals surface area contributed by atoms with Crippen LogP contribution in [0.4, 0.5) is 0 Å². The van der Waals surface area contributed by atoms with E-state index >= 15 is 0 Å². The summed E-state index contributed by atoms with van der Waals surface area (Å²) in [4.78, 5) is 10.9. The number of hydrogen-bond donors (Lipinski definition) is 1. The quantitative estimate of drug-likeness (QED) is 0.499. The number of hydrogen-bond acceptors (Lipinski definition) is 1. The van der Waals surface area contributed by atoms with Crippen molar-refractivity contribution in [1.82, 2.24) is 0 Å². The Morgan fingerprint density at radius 1 is 1.31 bits per heavy atom. The first-order valence-corrected chi connectivity index (χ1v) is 6.40. The van der Waals surface area contributed by atoms with Crippen LogP contribution in [0.2, 0.25) is 0 Å². The fourth-order valence-electron chi connectivity index (χ4n) is 2.27. The minimum atomic E-state index is -0.806. The van der Waals surface area contributed by atoms with Crippen LogP contribution in [0, 0.1) is 11.3 Å². The SMILES string of the molecule is C=C(C(=O)O)C1(CCCCCC(C)C)CC1. The second-order valence-corrected chi connectivity index (χ2v) is 5.56. The molecule has 1 saturated carbocycles. The van der Waals surface area contributed by atoms with Gasteiger partial charge in [0.05, 0.1) is 0 Å². The summed E-state index contributed by atoms with van der Waals surface area (Å²) in [6, 6.07) is 0. The minimum absolute atomic E-state index is 0.0241. The van der Waals surface area contributed by atoms with Crippen molar-refractivity contribution in [2.45, 2.75) is 58.8 Å². The van der Waals surface area contributed by atoms with E-state index in [1.807, 2.05) is 0 Å². The van der Waals surface area contributed by atoms with E-state index < -0.39 is 5.97 Å². The Balaban J connectivity index is 2.18. The smallest absolute Gasteiger partial charge is 0.331 e. The summed E-state index contributed by atoms with van der Waals surface area (Å²) in [7, 11) is 0. The van der Waals surface area contributed by atoms with Crippen LogP contribution in [-0.2, 0) is 4.79 Å². The Bertz CT molecular complexity index is 262. The summed E-state index contributed by atoms with van der Waals surface area (Å²) in [6.45, 7) is 8.21. The largest absolute Gasteiger partial charge is 0.478 e. The summed E-state index contributed by atoms with van der Waals surface area (Å²) >= 11 is 0. The van der Waals surface area contributed by atoms with Crippen LogP contribution in [-0.4, -0.2) is 11.1 Å². The molecule has 1 N–H and O–H groups in total. The average Bonchev–Trinajstić information content (AvgIpc) is 2.96. The van der Waals surface area contributed by atoms with Gasteiger partial charge in [-0.2, -0.15) is 0 Å². The van der Waals surface area contributed by atoms with Gasteiger partial charge in [-0.3, -0.25) is 0 Å². The lowest BCUT2D eigenvalue weighted by molar-refractivity contribution is -0.133. The Morgan fingerprint density at radius 2 is 1.94 bits per heavy atom. The first kappa shape index (κ1) is 13.3. The molecule has 0 bridgehead atoms. The molecule has 1 rings (SSSR count). The standard InChI is InChI=1S/C14H24O2/c1-11(2)7-5-4-6-8-14(9-10-14)12(3)13(15)16/h11H,3-10H2,1-2H3,(H,15,16). The van der Waals surface area contributed by atoms with E-state index in [2.05, 4.69) is 20.4 Å². The van der Waals surface area contributed by atoms with Gasteiger partial charge in [-0.25, -0.2) is 4.79 Å². The molecule has 2 heteroatoms. The van der Waals surface area contributed by atoms with Gasteiger partial charge in [-0.15, -0.1) is 0 Å². The van der Waals surface area contributed by atoms with Gasteiger partial charge in [0, 0.05) is 11.0 Å². The third kappa shape index (κ3) is 3.66. The summed E-state index contributed by atoms with van der Waals surface area (Å²) < 4.78 is 0. The zero-order valence-corrected chi connectivity index (χ0v) is 10.6. The van der Waals surface area contributed by atoms with Crippen molar-refractivity contribution in [1.29, 1.82) is 0 Å². The van der Waals surface area contributed by atoms with Crippen molar-refractivity contribution < 1.29 is 9.90 Å². The van der Waals surface area contributed by atoms with E-state index in [-0.39, 0.29) is 5.41 Å². The van der Waals surface area contributed by atoms with Gasteiger partial charge in [0.1, 0.15) is 0 Å². The molecule has 0 spiro atoms. The van der Waals surface area contributed by atoms with Gasteiger partial charge in [0.2, 0.25) is 0 Å². The predicted molar refractivity (Wildman–Crippen MR) is 66.4 cm³/mol. The van der Waals surface area contributed by atoms with E-state index in [9.17, 15) is 4.79 Å². The zero-order valence-electron chi connectivity index (χ0n) is 10.6. The van der Waals surface area contributed by atoms with Crippen molar-refractivity contribution in [3.05, 3.63) is 12.2 Å². The molecule has 1 aliphatic rings. The predicted octanol–water partition coefficient (Wildman–Crippen LogP) is 4.01. The van der Waals surface area contributed by atoms with Crippen molar-refractivity contribution in [2.75, 3.05) is 0 Å². The first-order valence-electron chi connectivity index (χ1n) is 6.40. The molecule has 0 unspecified atom stereocenters. The monoisotopic (exact) mass is 224 g/mol. The van der Waals surface area contributed by atoms with E-state index in [0.717, 1.165) is 31.6 Å². The topological polar surface area (TPSA) is 37.3 Å². The lowest BCUT2D eigenvalue weighted by Crippen LogP contribution is -2.12. The van der Waals surface area contributed by atoms with Gasteiger partial charge < -0.3 is 5.11 Å². The van der Waals surface area contributed by atoms with Crippen molar-refractivity contribution >= 4 is 5.97 Å². The van der Waals surface area contributed by atoms with Crippen molar-refractivity contribution in [3.63, 3.8) is 0 Å². The van der Waals surface area contributed by atoms with Crippen LogP contribution in [0.1, 0.15) is 58.8 Å². The maximum atomic E-state index is 10.9. The molecule has 0 atom stereocenters. The van der Waals surface area contributed by atoms with E-state index in [4.69, 9.17) is 5.11 Å². The molecule has 1 fully saturated rings. The Morgan fingerprint density at radius 3 is 2.38 bits per heavy atom. The fraction of sp³-hybridized carbons (Fsp3) is 0.786. The number of carbonyl (C=O) groups is 1. The molecular formula is C14H24O2. The summed E-state index contributed by atoms with van der Waals surface area (Å²) in [5, 5.41) is 8.93. The van der Waals surface area contributed by atoms with Gasteiger partial charge in [-0.05, 0) is 25.2 Å². The van der Waals surface area contributed by atoms with E-state index in [1.54, 1.807) is 0 Å². The lowest BCUT2D eigenvalue weighted by atomic mass is 9.90. The molecule has 0 heterocycles.